The van der Waals surface area contributed by atoms with E-state index < -0.39 is 0 Å². The molecule has 1 fully saturated rings. The van der Waals surface area contributed by atoms with Crippen LogP contribution in [0.2, 0.25) is 0 Å². The molecule has 0 saturated carbocycles. The summed E-state index contributed by atoms with van der Waals surface area (Å²) in [6.07, 6.45) is 8.52. The van der Waals surface area contributed by atoms with Gasteiger partial charge in [0.2, 0.25) is 0 Å². The lowest BCUT2D eigenvalue weighted by atomic mass is 9.71. The average molecular weight is 326 g/mol. The number of hydrogen-bond acceptors (Lipinski definition) is 2. The molecule has 2 heterocycles. The van der Waals surface area contributed by atoms with Crippen LogP contribution in [0.25, 0.3) is 0 Å². The van der Waals surface area contributed by atoms with Gasteiger partial charge in [-0.25, -0.2) is 0 Å². The molecule has 3 rings (SSSR count). The Bertz CT molecular complexity index is 643. The number of hydrogen-bond donors (Lipinski definition) is 0. The summed E-state index contributed by atoms with van der Waals surface area (Å²) in [5.74, 6) is 1.36. The van der Waals surface area contributed by atoms with Gasteiger partial charge in [-0.05, 0) is 59.4 Å². The maximum atomic E-state index is 6.56. The van der Waals surface area contributed by atoms with E-state index in [1.54, 1.807) is 0 Å². The first kappa shape index (κ1) is 17.3. The minimum absolute atomic E-state index is 0.0865. The second kappa shape index (κ2) is 6.40. The van der Waals surface area contributed by atoms with Gasteiger partial charge in [0.15, 0.2) is 0 Å². The van der Waals surface area contributed by atoms with Crippen LogP contribution in [0, 0.1) is 5.92 Å². The van der Waals surface area contributed by atoms with Crippen molar-refractivity contribution in [3.63, 3.8) is 0 Å². The highest BCUT2D eigenvalue weighted by molar-refractivity contribution is 5.39. The second-order valence-electron chi connectivity index (χ2n) is 7.97. The molecule has 2 aliphatic heterocycles. The molecule has 0 aliphatic carbocycles. The number of allylic oxidation sites excluding steroid dienone is 2. The fourth-order valence-corrected chi connectivity index (χ4v) is 4.10. The monoisotopic (exact) mass is 326 g/mol. The molecule has 0 bridgehead atoms. The normalized spacial score (nSPS) is 34.5. The van der Waals surface area contributed by atoms with Crippen LogP contribution in [-0.4, -0.2) is 11.2 Å². The summed E-state index contributed by atoms with van der Waals surface area (Å²) in [6.45, 7) is 12.7. The van der Waals surface area contributed by atoms with Crippen molar-refractivity contribution >= 4 is 0 Å². The molecule has 0 N–H and O–H groups in total. The molecule has 1 aromatic carbocycles. The minimum Gasteiger partial charge on any atom is -0.487 e. The Morgan fingerprint density at radius 3 is 2.75 bits per heavy atom. The van der Waals surface area contributed by atoms with Crippen molar-refractivity contribution in [3.05, 3.63) is 54.1 Å². The van der Waals surface area contributed by atoms with Gasteiger partial charge in [-0.3, -0.25) is 0 Å². The van der Waals surface area contributed by atoms with Gasteiger partial charge in [-0.1, -0.05) is 35.9 Å². The summed E-state index contributed by atoms with van der Waals surface area (Å²) < 4.78 is 13.1. The third-order valence-corrected chi connectivity index (χ3v) is 5.69. The van der Waals surface area contributed by atoms with Crippen LogP contribution in [0.4, 0.5) is 0 Å². The van der Waals surface area contributed by atoms with Crippen LogP contribution in [-0.2, 0) is 4.74 Å². The van der Waals surface area contributed by atoms with E-state index in [0.29, 0.717) is 5.92 Å². The molecule has 4 atom stereocenters. The molecule has 2 heteroatoms. The van der Waals surface area contributed by atoms with Crippen molar-refractivity contribution in [2.75, 3.05) is 0 Å². The summed E-state index contributed by atoms with van der Waals surface area (Å²) in [6, 6.07) is 8.35. The van der Waals surface area contributed by atoms with E-state index in [1.165, 1.54) is 11.1 Å². The molecular formula is C22H30O2. The molecule has 2 aliphatic rings. The SMILES string of the molecule is C=C[C@@]1(C)CC[C@H]2[C@@H](O1)c1ccccc1O[C@@]2(C)CCC=C(C)C. The molecule has 24 heavy (non-hydrogen) atoms. The Kier molecular flexibility index (Phi) is 4.61. The zero-order valence-corrected chi connectivity index (χ0v) is 15.5. The summed E-state index contributed by atoms with van der Waals surface area (Å²) >= 11 is 0. The summed E-state index contributed by atoms with van der Waals surface area (Å²) in [5.41, 5.74) is 2.13. The Balaban J connectivity index is 1.94. The van der Waals surface area contributed by atoms with E-state index >= 15 is 0 Å². The van der Waals surface area contributed by atoms with Crippen molar-refractivity contribution in [1.82, 2.24) is 0 Å². The maximum absolute atomic E-state index is 6.56. The van der Waals surface area contributed by atoms with Gasteiger partial charge in [0, 0.05) is 11.5 Å². The first-order valence-corrected chi connectivity index (χ1v) is 9.10. The lowest BCUT2D eigenvalue weighted by Crippen LogP contribution is -2.52. The van der Waals surface area contributed by atoms with Crippen LogP contribution in [0.15, 0.2) is 48.6 Å². The van der Waals surface area contributed by atoms with E-state index in [1.807, 2.05) is 12.1 Å². The fraction of sp³-hybridized carbons (Fsp3) is 0.545. The first-order valence-electron chi connectivity index (χ1n) is 9.10. The molecule has 0 amide bonds. The lowest BCUT2D eigenvalue weighted by Gasteiger charge is -2.52. The summed E-state index contributed by atoms with van der Waals surface area (Å²) in [5, 5.41) is 0. The Labute approximate surface area is 146 Å². The molecule has 1 aromatic rings. The van der Waals surface area contributed by atoms with Crippen molar-refractivity contribution in [2.24, 2.45) is 5.92 Å². The third kappa shape index (κ3) is 3.17. The standard InChI is InChI=1S/C22H30O2/c1-6-21(4)15-13-18-20(24-21)17-11-7-8-12-19(17)23-22(18,5)14-9-10-16(2)3/h6-8,10-12,18,20H,1,9,13-15H2,2-5H3/t18-,20-,21-,22-/m0/s1. The highest BCUT2D eigenvalue weighted by Crippen LogP contribution is 2.54. The van der Waals surface area contributed by atoms with Crippen LogP contribution in [0.1, 0.15) is 65.0 Å². The minimum atomic E-state index is -0.244. The maximum Gasteiger partial charge on any atom is 0.125 e. The summed E-state index contributed by atoms with van der Waals surface area (Å²) in [7, 11) is 0. The van der Waals surface area contributed by atoms with Gasteiger partial charge in [-0.15, -0.1) is 6.58 Å². The molecule has 0 aromatic heterocycles. The van der Waals surface area contributed by atoms with E-state index in [9.17, 15) is 0 Å². The van der Waals surface area contributed by atoms with Crippen LogP contribution < -0.4 is 4.74 Å². The van der Waals surface area contributed by atoms with Gasteiger partial charge < -0.3 is 9.47 Å². The quantitative estimate of drug-likeness (QED) is 0.632. The number of para-hydroxylation sites is 1. The first-order chi connectivity index (χ1) is 11.4. The van der Waals surface area contributed by atoms with E-state index in [4.69, 9.17) is 9.47 Å². The fourth-order valence-electron chi connectivity index (χ4n) is 4.10. The predicted octanol–water partition coefficient (Wildman–Crippen LogP) is 6.00. The van der Waals surface area contributed by atoms with Crippen molar-refractivity contribution in [2.45, 2.75) is 70.7 Å². The zero-order valence-electron chi connectivity index (χ0n) is 15.5. The topological polar surface area (TPSA) is 18.5 Å². The zero-order chi connectivity index (χ0) is 17.4. The van der Waals surface area contributed by atoms with E-state index in [0.717, 1.165) is 31.4 Å². The highest BCUT2D eigenvalue weighted by atomic mass is 16.5. The molecule has 2 nitrogen and oxygen atoms in total. The number of benzene rings is 1. The molecule has 130 valence electrons. The van der Waals surface area contributed by atoms with Gasteiger partial charge in [-0.2, -0.15) is 0 Å². The number of fused-ring (bicyclic) bond motifs is 3. The highest BCUT2D eigenvalue weighted by Gasteiger charge is 2.51. The van der Waals surface area contributed by atoms with Gasteiger partial charge in [0.05, 0.1) is 11.7 Å². The molecule has 0 radical (unpaired) electrons. The van der Waals surface area contributed by atoms with Gasteiger partial charge in [0.1, 0.15) is 11.4 Å². The van der Waals surface area contributed by atoms with Crippen molar-refractivity contribution in [1.29, 1.82) is 0 Å². The number of ether oxygens (including phenoxy) is 2. The summed E-state index contributed by atoms with van der Waals surface area (Å²) in [4.78, 5) is 0. The Hall–Kier alpha value is -1.54. The average Bonchev–Trinajstić information content (AvgIpc) is 2.54. The molecule has 1 saturated heterocycles. The van der Waals surface area contributed by atoms with Crippen LogP contribution in [0.3, 0.4) is 0 Å². The Morgan fingerprint density at radius 2 is 2.04 bits per heavy atom. The molecule has 0 unspecified atom stereocenters. The number of rotatable bonds is 4. The Morgan fingerprint density at radius 1 is 1.29 bits per heavy atom. The van der Waals surface area contributed by atoms with E-state index in [2.05, 4.69) is 58.5 Å². The smallest absolute Gasteiger partial charge is 0.125 e. The van der Waals surface area contributed by atoms with Crippen LogP contribution in [0.5, 0.6) is 5.75 Å². The third-order valence-electron chi connectivity index (χ3n) is 5.69. The second-order valence-corrected chi connectivity index (χ2v) is 7.97. The molecular weight excluding hydrogens is 296 g/mol. The lowest BCUT2D eigenvalue weighted by molar-refractivity contribution is -0.178. The van der Waals surface area contributed by atoms with Crippen molar-refractivity contribution in [3.8, 4) is 5.75 Å². The largest absolute Gasteiger partial charge is 0.487 e. The van der Waals surface area contributed by atoms with E-state index in [-0.39, 0.29) is 17.3 Å². The predicted molar refractivity (Wildman–Crippen MR) is 99.3 cm³/mol. The van der Waals surface area contributed by atoms with Gasteiger partial charge in [0.25, 0.3) is 0 Å². The molecule has 0 spiro atoms. The van der Waals surface area contributed by atoms with Gasteiger partial charge >= 0.3 is 0 Å². The van der Waals surface area contributed by atoms with Crippen LogP contribution >= 0.6 is 0 Å². The van der Waals surface area contributed by atoms with Crippen molar-refractivity contribution < 1.29 is 9.47 Å².